The lowest BCUT2D eigenvalue weighted by atomic mass is 10.4. The van der Waals surface area contributed by atoms with E-state index in [9.17, 15) is 0 Å². The topological polar surface area (TPSA) is 70.5 Å². The van der Waals surface area contributed by atoms with Gasteiger partial charge in [-0.15, -0.1) is 0 Å². The summed E-state index contributed by atoms with van der Waals surface area (Å²) in [7, 11) is -1.12. The lowest BCUT2D eigenvalue weighted by molar-refractivity contribution is 0.158. The third kappa shape index (κ3) is 6.45. The molecule has 0 bridgehead atoms. The van der Waals surface area contributed by atoms with E-state index in [1.165, 1.54) is 0 Å². The van der Waals surface area contributed by atoms with Crippen molar-refractivity contribution in [2.24, 2.45) is 11.5 Å². The fourth-order valence-corrected chi connectivity index (χ4v) is 1.70. The van der Waals surface area contributed by atoms with Gasteiger partial charge in [0.1, 0.15) is 0 Å². The number of nitrogens with two attached hydrogens (primary N) is 2. The zero-order chi connectivity index (χ0) is 8.69. The van der Waals surface area contributed by atoms with Crippen LogP contribution in [0.3, 0.4) is 0 Å². The SMILES string of the molecule is CC(CN)O[Si](C)OCCN. The van der Waals surface area contributed by atoms with Crippen molar-refractivity contribution in [2.75, 3.05) is 19.7 Å². The van der Waals surface area contributed by atoms with Crippen LogP contribution >= 0.6 is 0 Å². The molecule has 0 saturated carbocycles. The van der Waals surface area contributed by atoms with Crippen LogP contribution in [0.1, 0.15) is 6.92 Å². The molecule has 1 radical (unpaired) electrons. The summed E-state index contributed by atoms with van der Waals surface area (Å²) in [6, 6.07) is 0. The van der Waals surface area contributed by atoms with Crippen LogP contribution in [0.15, 0.2) is 0 Å². The summed E-state index contributed by atoms with van der Waals surface area (Å²) in [4.78, 5) is 0. The minimum Gasteiger partial charge on any atom is -0.392 e. The molecule has 5 heteroatoms. The van der Waals surface area contributed by atoms with Gasteiger partial charge in [-0.2, -0.15) is 0 Å². The summed E-state index contributed by atoms with van der Waals surface area (Å²) in [6.07, 6.45) is 0.0895. The van der Waals surface area contributed by atoms with Crippen LogP contribution in [0.5, 0.6) is 0 Å². The second kappa shape index (κ2) is 6.75. The molecule has 0 fully saturated rings. The molecule has 0 spiro atoms. The Kier molecular flexibility index (Phi) is 6.78. The predicted octanol–water partition coefficient (Wildman–Crippen LogP) is -0.556. The maximum absolute atomic E-state index is 5.40. The van der Waals surface area contributed by atoms with Crippen molar-refractivity contribution in [2.45, 2.75) is 19.6 Å². The minimum absolute atomic E-state index is 0.0895. The Bertz CT molecular complexity index is 94.7. The largest absolute Gasteiger partial charge is 0.392 e. The fourth-order valence-electron chi connectivity index (χ4n) is 0.568. The van der Waals surface area contributed by atoms with E-state index in [1.54, 1.807) is 0 Å². The van der Waals surface area contributed by atoms with Crippen molar-refractivity contribution in [3.63, 3.8) is 0 Å². The Morgan fingerprint density at radius 1 is 1.45 bits per heavy atom. The average molecular weight is 177 g/mol. The van der Waals surface area contributed by atoms with Crippen molar-refractivity contribution in [3.05, 3.63) is 0 Å². The van der Waals surface area contributed by atoms with Crippen molar-refractivity contribution in [3.8, 4) is 0 Å². The molecule has 11 heavy (non-hydrogen) atoms. The number of hydrogen-bond acceptors (Lipinski definition) is 4. The summed E-state index contributed by atoms with van der Waals surface area (Å²) >= 11 is 0. The van der Waals surface area contributed by atoms with Gasteiger partial charge in [-0.05, 0) is 13.5 Å². The van der Waals surface area contributed by atoms with Crippen LogP contribution in [-0.4, -0.2) is 35.1 Å². The van der Waals surface area contributed by atoms with Crippen LogP contribution in [0.2, 0.25) is 6.55 Å². The van der Waals surface area contributed by atoms with Crippen LogP contribution in [0, 0.1) is 0 Å². The van der Waals surface area contributed by atoms with Gasteiger partial charge in [0, 0.05) is 19.7 Å². The number of rotatable bonds is 6. The van der Waals surface area contributed by atoms with E-state index in [4.69, 9.17) is 20.3 Å². The summed E-state index contributed by atoms with van der Waals surface area (Å²) in [5.74, 6) is 0. The van der Waals surface area contributed by atoms with Gasteiger partial charge in [0.15, 0.2) is 0 Å². The molecule has 0 rings (SSSR count). The van der Waals surface area contributed by atoms with Crippen molar-refractivity contribution < 1.29 is 8.85 Å². The van der Waals surface area contributed by atoms with Crippen molar-refractivity contribution >= 4 is 9.28 Å². The van der Waals surface area contributed by atoms with E-state index >= 15 is 0 Å². The van der Waals surface area contributed by atoms with E-state index in [1.807, 2.05) is 13.5 Å². The molecule has 0 heterocycles. The summed E-state index contributed by atoms with van der Waals surface area (Å²) in [5, 5.41) is 0. The van der Waals surface area contributed by atoms with E-state index < -0.39 is 9.28 Å². The van der Waals surface area contributed by atoms with Gasteiger partial charge in [-0.3, -0.25) is 0 Å². The zero-order valence-corrected chi connectivity index (χ0v) is 8.17. The van der Waals surface area contributed by atoms with Gasteiger partial charge in [0.2, 0.25) is 0 Å². The molecule has 1 atom stereocenters. The summed E-state index contributed by atoms with van der Waals surface area (Å²) in [6.45, 7) is 5.52. The first kappa shape index (κ1) is 11.1. The molecule has 0 aromatic rings. The monoisotopic (exact) mass is 177 g/mol. The van der Waals surface area contributed by atoms with Gasteiger partial charge in [-0.1, -0.05) is 0 Å². The molecule has 4 nitrogen and oxygen atoms in total. The first-order valence-corrected chi connectivity index (χ1v) is 5.55. The minimum atomic E-state index is -1.12. The highest BCUT2D eigenvalue weighted by Gasteiger charge is 2.10. The fraction of sp³-hybridized carbons (Fsp3) is 1.00. The molecule has 0 saturated heterocycles. The molecule has 67 valence electrons. The van der Waals surface area contributed by atoms with Crippen molar-refractivity contribution in [1.29, 1.82) is 0 Å². The maximum atomic E-state index is 5.40. The predicted molar refractivity (Wildman–Crippen MR) is 46.2 cm³/mol. The average Bonchev–Trinajstić information content (AvgIpc) is 2.00. The molecule has 0 aliphatic heterocycles. The third-order valence-corrected chi connectivity index (χ3v) is 2.47. The van der Waals surface area contributed by atoms with Gasteiger partial charge in [-0.25, -0.2) is 0 Å². The van der Waals surface area contributed by atoms with Crippen LogP contribution in [0.4, 0.5) is 0 Å². The van der Waals surface area contributed by atoms with E-state index in [0.29, 0.717) is 19.7 Å². The Balaban J connectivity index is 3.27. The smallest absolute Gasteiger partial charge is 0.381 e. The van der Waals surface area contributed by atoms with E-state index in [2.05, 4.69) is 0 Å². The molecule has 0 aliphatic rings. The van der Waals surface area contributed by atoms with Gasteiger partial charge >= 0.3 is 9.28 Å². The molecule has 4 N–H and O–H groups in total. The van der Waals surface area contributed by atoms with E-state index in [-0.39, 0.29) is 6.10 Å². The van der Waals surface area contributed by atoms with E-state index in [0.717, 1.165) is 0 Å². The summed E-state index contributed by atoms with van der Waals surface area (Å²) < 4.78 is 10.7. The molecule has 0 aromatic heterocycles. The van der Waals surface area contributed by atoms with Crippen LogP contribution < -0.4 is 11.5 Å². The van der Waals surface area contributed by atoms with Crippen LogP contribution in [0.25, 0.3) is 0 Å². The number of hydrogen-bond donors (Lipinski definition) is 2. The Morgan fingerprint density at radius 3 is 2.55 bits per heavy atom. The van der Waals surface area contributed by atoms with Crippen molar-refractivity contribution in [1.82, 2.24) is 0 Å². The highest BCUT2D eigenvalue weighted by Crippen LogP contribution is 1.93. The van der Waals surface area contributed by atoms with Gasteiger partial charge < -0.3 is 20.3 Å². The maximum Gasteiger partial charge on any atom is 0.381 e. The molecule has 1 unspecified atom stereocenters. The lowest BCUT2D eigenvalue weighted by Crippen LogP contribution is -2.30. The van der Waals surface area contributed by atoms with Gasteiger partial charge in [0.25, 0.3) is 0 Å². The second-order valence-electron chi connectivity index (χ2n) is 2.29. The summed E-state index contributed by atoms with van der Waals surface area (Å²) in [5.41, 5.74) is 10.6. The first-order valence-electron chi connectivity index (χ1n) is 3.73. The van der Waals surface area contributed by atoms with Crippen LogP contribution in [-0.2, 0) is 8.85 Å². The molecule has 0 amide bonds. The quantitative estimate of drug-likeness (QED) is 0.534. The molecular formula is C6H17N2O2Si. The van der Waals surface area contributed by atoms with Gasteiger partial charge in [0.05, 0.1) is 6.10 Å². The standard InChI is InChI=1S/C6H17N2O2Si/c1-6(5-8)10-11(2)9-4-3-7/h6H,3-5,7-8H2,1-2H3. The lowest BCUT2D eigenvalue weighted by Gasteiger charge is -2.15. The highest BCUT2D eigenvalue weighted by molar-refractivity contribution is 6.42. The third-order valence-electron chi connectivity index (χ3n) is 1.12. The second-order valence-corrected chi connectivity index (χ2v) is 3.80. The Hall–Kier alpha value is 0.0569. The molecular weight excluding hydrogens is 160 g/mol. The first-order chi connectivity index (χ1) is 5.20. The molecule has 0 aliphatic carbocycles. The zero-order valence-electron chi connectivity index (χ0n) is 7.17. The molecule has 0 aromatic carbocycles. The normalized spacial score (nSPS) is 13.9. The Labute approximate surface area is 69.7 Å². The highest BCUT2D eigenvalue weighted by atomic mass is 28.3. The Morgan fingerprint density at radius 2 is 2.09 bits per heavy atom.